The Hall–Kier alpha value is -0.650. The molecule has 6 heteroatoms. The van der Waals surface area contributed by atoms with E-state index in [2.05, 4.69) is 20.9 Å². The highest BCUT2D eigenvalue weighted by Crippen LogP contribution is 2.29. The average Bonchev–Trinajstić information content (AvgIpc) is 2.45. The van der Waals surface area contributed by atoms with Gasteiger partial charge in [0.25, 0.3) is 0 Å². The Kier molecular flexibility index (Phi) is 2.95. The molecule has 1 aliphatic rings. The fraction of sp³-hybridized carbons (Fsp3) is 0.333. The number of aliphatic hydroxyl groups is 1. The topological polar surface area (TPSA) is 53.4 Å². The van der Waals surface area contributed by atoms with E-state index < -0.39 is 6.10 Å². The Morgan fingerprint density at radius 3 is 2.93 bits per heavy atom. The van der Waals surface area contributed by atoms with Crippen molar-refractivity contribution in [1.29, 1.82) is 0 Å². The van der Waals surface area contributed by atoms with E-state index in [1.165, 1.54) is 4.90 Å². The van der Waals surface area contributed by atoms with Crippen LogP contribution >= 0.6 is 27.5 Å². The third-order valence-corrected chi connectivity index (χ3v) is 2.86. The number of rotatable bonds is 1. The predicted molar refractivity (Wildman–Crippen MR) is 59.9 cm³/mol. The highest BCUT2D eigenvalue weighted by molar-refractivity contribution is 9.10. The van der Waals surface area contributed by atoms with E-state index in [4.69, 9.17) is 11.6 Å². The highest BCUT2D eigenvalue weighted by Gasteiger charge is 2.31. The molecule has 0 aliphatic carbocycles. The number of hydrogen-bond acceptors (Lipinski definition) is 3. The Bertz CT molecular complexity index is 413. The Labute approximate surface area is 100.0 Å². The molecule has 1 aromatic heterocycles. The van der Waals surface area contributed by atoms with Crippen molar-refractivity contribution in [2.45, 2.75) is 12.5 Å². The van der Waals surface area contributed by atoms with Gasteiger partial charge in [0.1, 0.15) is 0 Å². The first-order valence-corrected chi connectivity index (χ1v) is 5.54. The third kappa shape index (κ3) is 2.14. The second kappa shape index (κ2) is 4.08. The van der Waals surface area contributed by atoms with Crippen LogP contribution < -0.4 is 4.90 Å². The first-order valence-electron chi connectivity index (χ1n) is 4.37. The molecule has 1 aromatic rings. The summed E-state index contributed by atoms with van der Waals surface area (Å²) in [5.74, 6) is 0.251. The molecule has 0 spiro atoms. The largest absolute Gasteiger partial charge is 0.391 e. The van der Waals surface area contributed by atoms with Crippen LogP contribution in [0.1, 0.15) is 6.42 Å². The molecule has 1 aliphatic heterocycles. The zero-order chi connectivity index (χ0) is 11.0. The van der Waals surface area contributed by atoms with Gasteiger partial charge in [-0.2, -0.15) is 0 Å². The minimum Gasteiger partial charge on any atom is -0.391 e. The lowest BCUT2D eigenvalue weighted by molar-refractivity contribution is -0.117. The van der Waals surface area contributed by atoms with Gasteiger partial charge in [-0.05, 0) is 22.0 Å². The van der Waals surface area contributed by atoms with E-state index in [1.807, 2.05) is 0 Å². The van der Waals surface area contributed by atoms with Crippen molar-refractivity contribution in [2.24, 2.45) is 0 Å². The fourth-order valence-electron chi connectivity index (χ4n) is 1.50. The van der Waals surface area contributed by atoms with Crippen molar-refractivity contribution in [3.8, 4) is 0 Å². The van der Waals surface area contributed by atoms with E-state index in [1.54, 1.807) is 12.3 Å². The molecule has 0 saturated carbocycles. The zero-order valence-electron chi connectivity index (χ0n) is 7.65. The lowest BCUT2D eigenvalue weighted by Crippen LogP contribution is -2.26. The Balaban J connectivity index is 2.34. The maximum Gasteiger partial charge on any atom is 0.230 e. The standard InChI is InChI=1S/C9H8BrClN2O2/c10-5-1-7(11)9(12-3-5)13-4-6(14)2-8(13)15/h1,3,6,14H,2,4H2. The van der Waals surface area contributed by atoms with Crippen LogP contribution in [-0.4, -0.2) is 28.6 Å². The van der Waals surface area contributed by atoms with Crippen LogP contribution in [0.3, 0.4) is 0 Å². The number of hydrogen-bond donors (Lipinski definition) is 1. The number of nitrogens with zero attached hydrogens (tertiary/aromatic N) is 2. The lowest BCUT2D eigenvalue weighted by Gasteiger charge is -2.15. The van der Waals surface area contributed by atoms with E-state index >= 15 is 0 Å². The van der Waals surface area contributed by atoms with E-state index in [-0.39, 0.29) is 18.9 Å². The summed E-state index contributed by atoms with van der Waals surface area (Å²) in [6.45, 7) is 0.257. The van der Waals surface area contributed by atoms with Gasteiger partial charge < -0.3 is 5.11 Å². The minimum absolute atomic E-state index is 0.133. The molecule has 1 atom stereocenters. The summed E-state index contributed by atoms with van der Waals surface area (Å²) in [4.78, 5) is 16.9. The number of β-amino-alcohol motifs (C(OH)–C–C–N with tert-alkyl or cyclic N) is 1. The summed E-state index contributed by atoms with van der Waals surface area (Å²) < 4.78 is 0.753. The van der Waals surface area contributed by atoms with Gasteiger partial charge >= 0.3 is 0 Å². The molecule has 1 amide bonds. The summed E-state index contributed by atoms with van der Waals surface area (Å²) >= 11 is 9.19. The molecule has 1 saturated heterocycles. The van der Waals surface area contributed by atoms with E-state index in [0.29, 0.717) is 10.8 Å². The lowest BCUT2D eigenvalue weighted by atomic mass is 10.3. The monoisotopic (exact) mass is 290 g/mol. The molecule has 1 N–H and O–H groups in total. The predicted octanol–water partition coefficient (Wildman–Crippen LogP) is 1.60. The summed E-state index contributed by atoms with van der Waals surface area (Å²) in [7, 11) is 0. The molecule has 15 heavy (non-hydrogen) atoms. The zero-order valence-corrected chi connectivity index (χ0v) is 9.99. The average molecular weight is 292 g/mol. The molecule has 1 unspecified atom stereocenters. The molecule has 80 valence electrons. The summed E-state index contributed by atoms with van der Waals surface area (Å²) in [5.41, 5.74) is 0. The van der Waals surface area contributed by atoms with E-state index in [0.717, 1.165) is 4.47 Å². The molecule has 2 heterocycles. The number of aromatic nitrogens is 1. The van der Waals surface area contributed by atoms with Crippen molar-refractivity contribution in [3.63, 3.8) is 0 Å². The second-order valence-electron chi connectivity index (χ2n) is 3.32. The molecule has 1 fully saturated rings. The van der Waals surface area contributed by atoms with Crippen molar-refractivity contribution in [1.82, 2.24) is 4.98 Å². The normalized spacial score (nSPS) is 21.1. The second-order valence-corrected chi connectivity index (χ2v) is 4.64. The van der Waals surface area contributed by atoms with Crippen LogP contribution in [0.25, 0.3) is 0 Å². The fourth-order valence-corrected chi connectivity index (χ4v) is 2.23. The van der Waals surface area contributed by atoms with Crippen LogP contribution in [0.15, 0.2) is 16.7 Å². The van der Waals surface area contributed by atoms with E-state index in [9.17, 15) is 9.90 Å². The quantitative estimate of drug-likeness (QED) is 0.855. The van der Waals surface area contributed by atoms with Crippen molar-refractivity contribution >= 4 is 39.3 Å². The maximum absolute atomic E-state index is 11.5. The van der Waals surface area contributed by atoms with Gasteiger partial charge in [0, 0.05) is 10.7 Å². The summed E-state index contributed by atoms with van der Waals surface area (Å²) in [6, 6.07) is 1.67. The van der Waals surface area contributed by atoms with Gasteiger partial charge in [0.15, 0.2) is 5.82 Å². The molecule has 0 radical (unpaired) electrons. The SMILES string of the molecule is O=C1CC(O)CN1c1ncc(Br)cc1Cl. The number of anilines is 1. The number of carbonyl (C=O) groups is 1. The first-order chi connectivity index (χ1) is 7.08. The minimum atomic E-state index is -0.626. The summed E-state index contributed by atoms with van der Waals surface area (Å²) in [6.07, 6.45) is 1.08. The van der Waals surface area contributed by atoms with Crippen molar-refractivity contribution < 1.29 is 9.90 Å². The molecule has 4 nitrogen and oxygen atoms in total. The highest BCUT2D eigenvalue weighted by atomic mass is 79.9. The third-order valence-electron chi connectivity index (χ3n) is 2.15. The van der Waals surface area contributed by atoms with Crippen LogP contribution in [-0.2, 0) is 4.79 Å². The summed E-state index contributed by atoms with van der Waals surface area (Å²) in [5, 5.41) is 9.73. The van der Waals surface area contributed by atoms with Crippen LogP contribution in [0.4, 0.5) is 5.82 Å². The first kappa shape index (κ1) is 10.9. The molecular weight excluding hydrogens is 283 g/mol. The van der Waals surface area contributed by atoms with Crippen LogP contribution in [0, 0.1) is 0 Å². The number of amides is 1. The van der Waals surface area contributed by atoms with Crippen molar-refractivity contribution in [3.05, 3.63) is 21.8 Å². The number of halogens is 2. The smallest absolute Gasteiger partial charge is 0.230 e. The van der Waals surface area contributed by atoms with Gasteiger partial charge in [-0.3, -0.25) is 9.69 Å². The number of aliphatic hydroxyl groups excluding tert-OH is 1. The molecular formula is C9H8BrClN2O2. The molecule has 0 bridgehead atoms. The van der Waals surface area contributed by atoms with Crippen LogP contribution in [0.5, 0.6) is 0 Å². The molecule has 2 rings (SSSR count). The van der Waals surface area contributed by atoms with Gasteiger partial charge in [0.2, 0.25) is 5.91 Å². The van der Waals surface area contributed by atoms with Crippen molar-refractivity contribution in [2.75, 3.05) is 11.4 Å². The maximum atomic E-state index is 11.5. The van der Waals surface area contributed by atoms with Crippen LogP contribution in [0.2, 0.25) is 5.02 Å². The van der Waals surface area contributed by atoms with Gasteiger partial charge in [0.05, 0.1) is 24.1 Å². The Morgan fingerprint density at radius 1 is 1.67 bits per heavy atom. The van der Waals surface area contributed by atoms with Gasteiger partial charge in [-0.15, -0.1) is 0 Å². The number of pyridine rings is 1. The van der Waals surface area contributed by atoms with Gasteiger partial charge in [-0.1, -0.05) is 11.6 Å². The Morgan fingerprint density at radius 2 is 2.40 bits per heavy atom. The molecule has 0 aromatic carbocycles. The number of carbonyl (C=O) groups excluding carboxylic acids is 1. The van der Waals surface area contributed by atoms with Gasteiger partial charge in [-0.25, -0.2) is 4.98 Å².